The van der Waals surface area contributed by atoms with Crippen LogP contribution in [0.25, 0.3) is 11.2 Å². The van der Waals surface area contributed by atoms with E-state index in [0.29, 0.717) is 0 Å². The van der Waals surface area contributed by atoms with Gasteiger partial charge in [0.1, 0.15) is 0 Å². The summed E-state index contributed by atoms with van der Waals surface area (Å²) in [5, 5.41) is 1.11. The van der Waals surface area contributed by atoms with Crippen LogP contribution in [0, 0.1) is 12.8 Å². The number of imidazole rings is 1. The van der Waals surface area contributed by atoms with Gasteiger partial charge in [0.05, 0.1) is 5.52 Å². The van der Waals surface area contributed by atoms with Crippen LogP contribution in [0.3, 0.4) is 0 Å². The van der Waals surface area contributed by atoms with Gasteiger partial charge in [0.25, 0.3) is 0 Å². The van der Waals surface area contributed by atoms with Gasteiger partial charge in [-0.3, -0.25) is 0 Å². The molecule has 1 fully saturated rings. The van der Waals surface area contributed by atoms with Crippen molar-refractivity contribution in [2.45, 2.75) is 50.7 Å². The molecule has 19 heavy (non-hydrogen) atoms. The lowest BCUT2D eigenvalue weighted by atomic mass is 9.89. The number of thioether (sulfide) groups is 1. The van der Waals surface area contributed by atoms with Crippen molar-refractivity contribution in [1.29, 1.82) is 0 Å². The highest BCUT2D eigenvalue weighted by Crippen LogP contribution is 2.29. The summed E-state index contributed by atoms with van der Waals surface area (Å²) in [6.07, 6.45) is 10.9. The third kappa shape index (κ3) is 2.64. The maximum atomic E-state index is 4.65. The molecule has 0 unspecified atom stereocenters. The maximum Gasteiger partial charge on any atom is 0.178 e. The van der Waals surface area contributed by atoms with Gasteiger partial charge in [-0.1, -0.05) is 31.0 Å². The zero-order chi connectivity index (χ0) is 13.2. The molecule has 1 saturated carbocycles. The molecule has 1 aliphatic carbocycles. The quantitative estimate of drug-likeness (QED) is 0.792. The summed E-state index contributed by atoms with van der Waals surface area (Å²) in [6.45, 7) is 3.21. The van der Waals surface area contributed by atoms with Crippen molar-refractivity contribution in [3.8, 4) is 0 Å². The van der Waals surface area contributed by atoms with Crippen molar-refractivity contribution in [2.75, 3.05) is 6.26 Å². The van der Waals surface area contributed by atoms with E-state index in [0.717, 1.165) is 23.3 Å². The van der Waals surface area contributed by atoms with Crippen LogP contribution in [0.4, 0.5) is 0 Å². The largest absolute Gasteiger partial charge is 0.317 e. The number of pyridine rings is 1. The average molecular weight is 275 g/mol. The van der Waals surface area contributed by atoms with Crippen LogP contribution in [-0.2, 0) is 6.54 Å². The second-order valence-electron chi connectivity index (χ2n) is 5.57. The zero-order valence-corrected chi connectivity index (χ0v) is 12.5. The SMILES string of the molecule is CSc1nc2ncc(C)cc2n1CC1CCCCC1. The second kappa shape index (κ2) is 5.53. The lowest BCUT2D eigenvalue weighted by Crippen LogP contribution is -2.14. The van der Waals surface area contributed by atoms with E-state index >= 15 is 0 Å². The van der Waals surface area contributed by atoms with Crippen molar-refractivity contribution in [1.82, 2.24) is 14.5 Å². The van der Waals surface area contributed by atoms with Gasteiger partial charge < -0.3 is 4.57 Å². The summed E-state index contributed by atoms with van der Waals surface area (Å²) in [7, 11) is 0. The highest BCUT2D eigenvalue weighted by molar-refractivity contribution is 7.98. The third-order valence-electron chi connectivity index (χ3n) is 4.06. The first-order chi connectivity index (χ1) is 9.28. The Morgan fingerprint density at radius 2 is 2.11 bits per heavy atom. The lowest BCUT2D eigenvalue weighted by Gasteiger charge is -2.22. The summed E-state index contributed by atoms with van der Waals surface area (Å²) < 4.78 is 2.38. The Morgan fingerprint density at radius 3 is 2.84 bits per heavy atom. The van der Waals surface area contributed by atoms with Gasteiger partial charge in [0, 0.05) is 12.7 Å². The first kappa shape index (κ1) is 13.0. The molecule has 0 aromatic carbocycles. The fourth-order valence-corrected chi connectivity index (χ4v) is 3.62. The summed E-state index contributed by atoms with van der Waals surface area (Å²) in [6, 6.07) is 2.22. The molecule has 3 nitrogen and oxygen atoms in total. The van der Waals surface area contributed by atoms with Crippen molar-refractivity contribution < 1.29 is 0 Å². The molecular weight excluding hydrogens is 254 g/mol. The smallest absolute Gasteiger partial charge is 0.178 e. The number of aryl methyl sites for hydroxylation is 1. The van der Waals surface area contributed by atoms with Gasteiger partial charge >= 0.3 is 0 Å². The van der Waals surface area contributed by atoms with E-state index < -0.39 is 0 Å². The van der Waals surface area contributed by atoms with Gasteiger partial charge in [-0.2, -0.15) is 0 Å². The molecule has 4 heteroatoms. The molecule has 2 aromatic rings. The number of aromatic nitrogens is 3. The van der Waals surface area contributed by atoms with E-state index in [4.69, 9.17) is 0 Å². The highest BCUT2D eigenvalue weighted by atomic mass is 32.2. The number of rotatable bonds is 3. The molecule has 2 heterocycles. The molecule has 0 spiro atoms. The fourth-order valence-electron chi connectivity index (χ4n) is 3.05. The van der Waals surface area contributed by atoms with Crippen LogP contribution < -0.4 is 0 Å². The standard InChI is InChI=1S/C15H21N3S/c1-11-8-13-14(16-9-11)17-15(19-2)18(13)10-12-6-4-3-5-7-12/h8-9,12H,3-7,10H2,1-2H3. The molecule has 3 rings (SSSR count). The third-order valence-corrected chi connectivity index (χ3v) is 4.73. The zero-order valence-electron chi connectivity index (χ0n) is 11.7. The summed E-state index contributed by atoms with van der Waals surface area (Å²) in [5.74, 6) is 0.817. The monoisotopic (exact) mass is 275 g/mol. The Bertz CT molecular complexity index is 570. The van der Waals surface area contributed by atoms with Crippen LogP contribution in [0.15, 0.2) is 17.4 Å². The fraction of sp³-hybridized carbons (Fsp3) is 0.600. The molecule has 0 N–H and O–H groups in total. The van der Waals surface area contributed by atoms with Crippen LogP contribution in [0.5, 0.6) is 0 Å². The highest BCUT2D eigenvalue weighted by Gasteiger charge is 2.18. The Labute approximate surface area is 118 Å². The average Bonchev–Trinajstić information content (AvgIpc) is 2.78. The molecule has 0 bridgehead atoms. The molecule has 0 atom stereocenters. The first-order valence-corrected chi connectivity index (χ1v) is 8.37. The minimum atomic E-state index is 0.817. The van der Waals surface area contributed by atoms with Crippen molar-refractivity contribution in [2.24, 2.45) is 5.92 Å². The summed E-state index contributed by atoms with van der Waals surface area (Å²) in [5.41, 5.74) is 3.31. The molecule has 0 amide bonds. The minimum absolute atomic E-state index is 0.817. The predicted molar refractivity (Wildman–Crippen MR) is 80.6 cm³/mol. The molecule has 0 aliphatic heterocycles. The van der Waals surface area contributed by atoms with Gasteiger partial charge in [-0.05, 0) is 43.6 Å². The molecule has 2 aromatic heterocycles. The Morgan fingerprint density at radius 1 is 1.32 bits per heavy atom. The number of hydrogen-bond acceptors (Lipinski definition) is 3. The number of fused-ring (bicyclic) bond motifs is 1. The molecule has 0 radical (unpaired) electrons. The van der Waals surface area contributed by atoms with Crippen molar-refractivity contribution in [3.63, 3.8) is 0 Å². The normalized spacial score (nSPS) is 17.2. The van der Waals surface area contributed by atoms with Crippen LogP contribution in [0.1, 0.15) is 37.7 Å². The number of hydrogen-bond donors (Lipinski definition) is 0. The molecule has 102 valence electrons. The summed E-state index contributed by atoms with van der Waals surface area (Å²) in [4.78, 5) is 9.11. The molecular formula is C15H21N3S. The summed E-state index contributed by atoms with van der Waals surface area (Å²) >= 11 is 1.73. The maximum absolute atomic E-state index is 4.65. The van der Waals surface area contributed by atoms with E-state index in [1.54, 1.807) is 11.8 Å². The van der Waals surface area contributed by atoms with Gasteiger partial charge in [0.2, 0.25) is 0 Å². The Kier molecular flexibility index (Phi) is 3.78. The van der Waals surface area contributed by atoms with E-state index in [1.807, 2.05) is 6.20 Å². The van der Waals surface area contributed by atoms with Crippen LogP contribution in [-0.4, -0.2) is 20.8 Å². The van der Waals surface area contributed by atoms with Gasteiger partial charge in [-0.25, -0.2) is 9.97 Å². The number of nitrogens with zero attached hydrogens (tertiary/aromatic N) is 3. The topological polar surface area (TPSA) is 30.7 Å². The van der Waals surface area contributed by atoms with Crippen molar-refractivity contribution in [3.05, 3.63) is 17.8 Å². The minimum Gasteiger partial charge on any atom is -0.317 e. The Hall–Kier alpha value is -1.03. The Balaban J connectivity index is 1.97. The predicted octanol–water partition coefficient (Wildman–Crippen LogP) is 4.04. The van der Waals surface area contributed by atoms with Gasteiger partial charge in [0.15, 0.2) is 10.8 Å². The van der Waals surface area contributed by atoms with E-state index in [9.17, 15) is 0 Å². The van der Waals surface area contributed by atoms with E-state index in [2.05, 4.69) is 33.8 Å². The van der Waals surface area contributed by atoms with E-state index in [1.165, 1.54) is 43.2 Å². The lowest BCUT2D eigenvalue weighted by molar-refractivity contribution is 0.315. The first-order valence-electron chi connectivity index (χ1n) is 7.15. The van der Waals surface area contributed by atoms with Gasteiger partial charge in [-0.15, -0.1) is 0 Å². The second-order valence-corrected chi connectivity index (χ2v) is 6.34. The van der Waals surface area contributed by atoms with Crippen molar-refractivity contribution >= 4 is 22.9 Å². The van der Waals surface area contributed by atoms with Crippen LogP contribution >= 0.6 is 11.8 Å². The molecule has 0 saturated heterocycles. The molecule has 1 aliphatic rings. The van der Waals surface area contributed by atoms with Crippen LogP contribution in [0.2, 0.25) is 0 Å². The van der Waals surface area contributed by atoms with E-state index in [-0.39, 0.29) is 0 Å².